The molecule has 0 aliphatic heterocycles. The first-order valence-electron chi connectivity index (χ1n) is 8.32. The van der Waals surface area contributed by atoms with E-state index in [2.05, 4.69) is 14.8 Å². The average Bonchev–Trinajstić information content (AvgIpc) is 2.65. The Morgan fingerprint density at radius 2 is 1.70 bits per heavy atom. The lowest BCUT2D eigenvalue weighted by molar-refractivity contribution is 0.0600. The summed E-state index contributed by atoms with van der Waals surface area (Å²) in [5, 5.41) is 2.75. The van der Waals surface area contributed by atoms with Crippen molar-refractivity contribution in [3.8, 4) is 0 Å². The van der Waals surface area contributed by atoms with E-state index in [4.69, 9.17) is 0 Å². The van der Waals surface area contributed by atoms with Crippen molar-refractivity contribution < 1.29 is 22.7 Å². The van der Waals surface area contributed by atoms with E-state index < -0.39 is 16.0 Å². The summed E-state index contributed by atoms with van der Waals surface area (Å²) in [6, 6.07) is 11.7. The topological polar surface area (TPSA) is 102 Å². The fraction of sp³-hybridized carbons (Fsp3) is 0.263. The largest absolute Gasteiger partial charge is 0.465 e. The monoisotopic (exact) mass is 390 g/mol. The van der Waals surface area contributed by atoms with Crippen LogP contribution in [0.5, 0.6) is 0 Å². The number of sulfonamides is 1. The van der Waals surface area contributed by atoms with E-state index in [1.165, 1.54) is 43.5 Å². The van der Waals surface area contributed by atoms with Crippen LogP contribution in [0.1, 0.15) is 34.6 Å². The molecule has 0 aliphatic carbocycles. The van der Waals surface area contributed by atoms with Crippen molar-refractivity contribution in [2.45, 2.75) is 18.7 Å². The smallest absolute Gasteiger partial charge is 0.337 e. The molecule has 7 nitrogen and oxygen atoms in total. The highest BCUT2D eigenvalue weighted by Crippen LogP contribution is 2.19. The van der Waals surface area contributed by atoms with E-state index >= 15 is 0 Å². The van der Waals surface area contributed by atoms with Gasteiger partial charge in [-0.2, -0.15) is 0 Å². The third kappa shape index (κ3) is 5.55. The Bertz CT molecular complexity index is 939. The Labute approximate surface area is 158 Å². The quantitative estimate of drug-likeness (QED) is 0.708. The SMILES string of the molecule is COC(=O)c1cccc(NS(=O)(=O)c2cccc(C(=O)NCC(C)C)c2)c1. The molecule has 27 heavy (non-hydrogen) atoms. The number of methoxy groups -OCH3 is 1. The molecule has 0 aromatic heterocycles. The Hall–Kier alpha value is -2.87. The molecule has 0 saturated carbocycles. The highest BCUT2D eigenvalue weighted by molar-refractivity contribution is 7.92. The molecule has 0 radical (unpaired) electrons. The Kier molecular flexibility index (Phi) is 6.57. The number of ether oxygens (including phenoxy) is 1. The van der Waals surface area contributed by atoms with Crippen molar-refractivity contribution in [3.05, 3.63) is 59.7 Å². The van der Waals surface area contributed by atoms with Crippen molar-refractivity contribution in [1.29, 1.82) is 0 Å². The number of hydrogen-bond donors (Lipinski definition) is 2. The summed E-state index contributed by atoms with van der Waals surface area (Å²) in [6.07, 6.45) is 0. The van der Waals surface area contributed by atoms with Crippen LogP contribution >= 0.6 is 0 Å². The summed E-state index contributed by atoms with van der Waals surface area (Å²) in [5.74, 6) is -0.627. The molecular weight excluding hydrogens is 368 g/mol. The predicted octanol–water partition coefficient (Wildman–Crippen LogP) is 2.66. The maximum Gasteiger partial charge on any atom is 0.337 e. The van der Waals surface area contributed by atoms with E-state index in [0.29, 0.717) is 6.54 Å². The number of benzene rings is 2. The number of amides is 1. The normalized spacial score (nSPS) is 11.1. The number of carbonyl (C=O) groups is 2. The van der Waals surface area contributed by atoms with Crippen LogP contribution in [-0.4, -0.2) is 33.9 Å². The van der Waals surface area contributed by atoms with Crippen molar-refractivity contribution in [2.24, 2.45) is 5.92 Å². The van der Waals surface area contributed by atoms with Crippen LogP contribution < -0.4 is 10.0 Å². The van der Waals surface area contributed by atoms with Gasteiger partial charge in [-0.3, -0.25) is 9.52 Å². The van der Waals surface area contributed by atoms with Gasteiger partial charge < -0.3 is 10.1 Å². The lowest BCUT2D eigenvalue weighted by atomic mass is 10.2. The molecule has 8 heteroatoms. The highest BCUT2D eigenvalue weighted by Gasteiger charge is 2.17. The van der Waals surface area contributed by atoms with E-state index in [1.54, 1.807) is 12.1 Å². The molecule has 2 aromatic rings. The Morgan fingerprint density at radius 3 is 2.37 bits per heavy atom. The molecule has 2 N–H and O–H groups in total. The second-order valence-corrected chi connectivity index (χ2v) is 7.99. The minimum absolute atomic E-state index is 0.0526. The molecule has 0 saturated heterocycles. The molecule has 1 amide bonds. The first kappa shape index (κ1) is 20.4. The van der Waals surface area contributed by atoms with Crippen LogP contribution in [0, 0.1) is 5.92 Å². The average molecular weight is 390 g/mol. The van der Waals surface area contributed by atoms with Gasteiger partial charge in [0, 0.05) is 17.8 Å². The van der Waals surface area contributed by atoms with Gasteiger partial charge in [0.05, 0.1) is 17.6 Å². The minimum atomic E-state index is -3.93. The summed E-state index contributed by atoms with van der Waals surface area (Å²) < 4.78 is 32.3. The van der Waals surface area contributed by atoms with Gasteiger partial charge in [-0.1, -0.05) is 26.0 Å². The molecule has 0 heterocycles. The summed E-state index contributed by atoms with van der Waals surface area (Å²) >= 11 is 0. The predicted molar refractivity (Wildman–Crippen MR) is 102 cm³/mol. The van der Waals surface area contributed by atoms with Crippen molar-refractivity contribution in [3.63, 3.8) is 0 Å². The van der Waals surface area contributed by atoms with Gasteiger partial charge in [0.25, 0.3) is 15.9 Å². The van der Waals surface area contributed by atoms with E-state index in [1.807, 2.05) is 13.8 Å². The Balaban J connectivity index is 2.23. The maximum atomic E-state index is 12.6. The van der Waals surface area contributed by atoms with E-state index in [0.717, 1.165) is 0 Å². The number of nitrogens with one attached hydrogen (secondary N) is 2. The summed E-state index contributed by atoms with van der Waals surface area (Å²) in [6.45, 7) is 4.43. The lowest BCUT2D eigenvalue weighted by Crippen LogP contribution is -2.27. The molecule has 0 unspecified atom stereocenters. The number of anilines is 1. The van der Waals surface area contributed by atoms with Crippen LogP contribution in [-0.2, 0) is 14.8 Å². The fourth-order valence-corrected chi connectivity index (χ4v) is 3.34. The lowest BCUT2D eigenvalue weighted by Gasteiger charge is -2.11. The maximum absolute atomic E-state index is 12.6. The van der Waals surface area contributed by atoms with Gasteiger partial charge in [0.1, 0.15) is 0 Å². The molecule has 0 spiro atoms. The van der Waals surface area contributed by atoms with Gasteiger partial charge in [-0.05, 0) is 42.3 Å². The van der Waals surface area contributed by atoms with Gasteiger partial charge in [-0.15, -0.1) is 0 Å². The number of carbonyl (C=O) groups excluding carboxylic acids is 2. The fourth-order valence-electron chi connectivity index (χ4n) is 2.24. The third-order valence-electron chi connectivity index (χ3n) is 3.61. The van der Waals surface area contributed by atoms with Crippen LogP contribution in [0.25, 0.3) is 0 Å². The second kappa shape index (κ2) is 8.68. The molecule has 0 fully saturated rings. The molecule has 2 rings (SSSR count). The molecule has 2 aromatic carbocycles. The Morgan fingerprint density at radius 1 is 1.04 bits per heavy atom. The zero-order valence-electron chi connectivity index (χ0n) is 15.4. The summed E-state index contributed by atoms with van der Waals surface area (Å²) in [4.78, 5) is 23.7. The zero-order valence-corrected chi connectivity index (χ0v) is 16.2. The molecule has 0 atom stereocenters. The molecular formula is C19H22N2O5S. The standard InChI is InChI=1S/C19H22N2O5S/c1-13(2)12-20-18(22)14-6-5-9-17(11-14)27(24,25)21-16-8-4-7-15(10-16)19(23)26-3/h4-11,13,21H,12H2,1-3H3,(H,20,22). The summed E-state index contributed by atoms with van der Waals surface area (Å²) in [5.41, 5.74) is 0.689. The number of esters is 1. The van der Waals surface area contributed by atoms with Gasteiger partial charge in [-0.25, -0.2) is 13.2 Å². The number of rotatable bonds is 7. The van der Waals surface area contributed by atoms with E-state index in [9.17, 15) is 18.0 Å². The van der Waals surface area contributed by atoms with E-state index in [-0.39, 0.29) is 33.5 Å². The van der Waals surface area contributed by atoms with Crippen molar-refractivity contribution in [1.82, 2.24) is 5.32 Å². The van der Waals surface area contributed by atoms with Gasteiger partial charge >= 0.3 is 5.97 Å². The summed E-state index contributed by atoms with van der Waals surface area (Å²) in [7, 11) is -2.69. The number of hydrogen-bond acceptors (Lipinski definition) is 5. The van der Waals surface area contributed by atoms with Crippen LogP contribution in [0.3, 0.4) is 0 Å². The highest BCUT2D eigenvalue weighted by atomic mass is 32.2. The second-order valence-electron chi connectivity index (χ2n) is 6.31. The molecule has 144 valence electrons. The van der Waals surface area contributed by atoms with Gasteiger partial charge in [0.2, 0.25) is 0 Å². The van der Waals surface area contributed by atoms with Crippen LogP contribution in [0.4, 0.5) is 5.69 Å². The van der Waals surface area contributed by atoms with Crippen LogP contribution in [0.2, 0.25) is 0 Å². The first-order valence-corrected chi connectivity index (χ1v) is 9.80. The van der Waals surface area contributed by atoms with Gasteiger partial charge in [0.15, 0.2) is 0 Å². The molecule has 0 bridgehead atoms. The zero-order chi connectivity index (χ0) is 20.0. The van der Waals surface area contributed by atoms with Crippen molar-refractivity contribution in [2.75, 3.05) is 18.4 Å². The molecule has 0 aliphatic rings. The third-order valence-corrected chi connectivity index (χ3v) is 4.99. The van der Waals surface area contributed by atoms with Crippen LogP contribution in [0.15, 0.2) is 53.4 Å². The minimum Gasteiger partial charge on any atom is -0.465 e. The first-order chi connectivity index (χ1) is 12.7. The van der Waals surface area contributed by atoms with Crippen molar-refractivity contribution >= 4 is 27.6 Å².